The Kier molecular flexibility index (Phi) is 4.53. The van der Waals surface area contributed by atoms with E-state index in [9.17, 15) is 4.79 Å². The number of nitrogens with zero attached hydrogens (tertiary/aromatic N) is 3. The molecule has 0 radical (unpaired) electrons. The first-order valence-electron chi connectivity index (χ1n) is 7.02. The molecule has 0 bridgehead atoms. The normalized spacial score (nSPS) is 20.3. The molecule has 0 amide bonds. The van der Waals surface area contributed by atoms with Crippen molar-refractivity contribution >= 4 is 11.5 Å². The second-order valence-corrected chi connectivity index (χ2v) is 5.35. The second kappa shape index (κ2) is 6.15. The lowest BCUT2D eigenvalue weighted by Crippen LogP contribution is -2.45. The average molecular weight is 261 g/mol. The van der Waals surface area contributed by atoms with Gasteiger partial charge in [0, 0.05) is 26.1 Å². The summed E-state index contributed by atoms with van der Waals surface area (Å²) in [7, 11) is 4.28. The van der Waals surface area contributed by atoms with Crippen molar-refractivity contribution in [2.24, 2.45) is 0 Å². The molecule has 0 saturated carbocycles. The van der Waals surface area contributed by atoms with Crippen LogP contribution in [0.25, 0.3) is 0 Å². The molecule has 1 atom stereocenters. The average Bonchev–Trinajstić information content (AvgIpc) is 2.46. The number of likely N-dealkylation sites (N-methyl/N-ethyl adjacent to an activating group) is 2. The van der Waals surface area contributed by atoms with Gasteiger partial charge in [0.15, 0.2) is 5.78 Å². The summed E-state index contributed by atoms with van der Waals surface area (Å²) in [5, 5.41) is 0. The molecular formula is C15H23N3O. The van der Waals surface area contributed by atoms with Crippen LogP contribution >= 0.6 is 0 Å². The third-order valence-corrected chi connectivity index (χ3v) is 3.91. The molecular weight excluding hydrogens is 238 g/mol. The maximum absolute atomic E-state index is 11.6. The van der Waals surface area contributed by atoms with Gasteiger partial charge in [-0.3, -0.25) is 9.78 Å². The Bertz CT molecular complexity index is 430. The summed E-state index contributed by atoms with van der Waals surface area (Å²) < 4.78 is 0. The van der Waals surface area contributed by atoms with Crippen molar-refractivity contribution in [3.63, 3.8) is 0 Å². The molecule has 2 rings (SSSR count). The summed E-state index contributed by atoms with van der Waals surface area (Å²) in [6, 6.07) is 4.38. The van der Waals surface area contributed by atoms with Gasteiger partial charge in [-0.1, -0.05) is 6.92 Å². The fourth-order valence-corrected chi connectivity index (χ4v) is 2.61. The van der Waals surface area contributed by atoms with Gasteiger partial charge in [0.2, 0.25) is 0 Å². The number of hydrogen-bond acceptors (Lipinski definition) is 4. The third kappa shape index (κ3) is 3.32. The van der Waals surface area contributed by atoms with Crippen LogP contribution in [0.5, 0.6) is 0 Å². The van der Waals surface area contributed by atoms with Crippen LogP contribution in [0.2, 0.25) is 0 Å². The molecule has 1 aromatic rings. The topological polar surface area (TPSA) is 36.4 Å². The first-order valence-corrected chi connectivity index (χ1v) is 7.02. The predicted octanol–water partition coefficient (Wildman–Crippen LogP) is 2.20. The Hall–Kier alpha value is -1.42. The van der Waals surface area contributed by atoms with E-state index in [1.165, 1.54) is 19.4 Å². The van der Waals surface area contributed by atoms with Gasteiger partial charge in [-0.05, 0) is 38.6 Å². The van der Waals surface area contributed by atoms with Crippen molar-refractivity contribution in [1.29, 1.82) is 0 Å². The van der Waals surface area contributed by atoms with Crippen molar-refractivity contribution < 1.29 is 4.79 Å². The molecule has 0 N–H and O–H groups in total. The molecule has 104 valence electrons. The summed E-state index contributed by atoms with van der Waals surface area (Å²) >= 11 is 0. The molecule has 0 aromatic carbocycles. The quantitative estimate of drug-likeness (QED) is 0.779. The molecule has 1 aliphatic rings. The molecule has 1 aromatic heterocycles. The fourth-order valence-electron chi connectivity index (χ4n) is 2.61. The van der Waals surface area contributed by atoms with Gasteiger partial charge in [0.25, 0.3) is 0 Å². The van der Waals surface area contributed by atoms with Crippen LogP contribution in [0.3, 0.4) is 0 Å². The number of carbonyl (C=O) groups excluding carboxylic acids is 1. The zero-order chi connectivity index (χ0) is 13.8. The van der Waals surface area contributed by atoms with Gasteiger partial charge in [-0.25, -0.2) is 0 Å². The van der Waals surface area contributed by atoms with Gasteiger partial charge in [-0.15, -0.1) is 0 Å². The van der Waals surface area contributed by atoms with E-state index in [4.69, 9.17) is 0 Å². The van der Waals surface area contributed by atoms with Crippen molar-refractivity contribution in [2.45, 2.75) is 32.2 Å². The smallest absolute Gasteiger partial charge is 0.180 e. The molecule has 1 aliphatic heterocycles. The highest BCUT2D eigenvalue weighted by atomic mass is 16.1. The third-order valence-electron chi connectivity index (χ3n) is 3.91. The summed E-state index contributed by atoms with van der Waals surface area (Å²) in [4.78, 5) is 20.5. The minimum absolute atomic E-state index is 0.103. The van der Waals surface area contributed by atoms with E-state index in [-0.39, 0.29) is 5.78 Å². The second-order valence-electron chi connectivity index (χ2n) is 5.35. The highest BCUT2D eigenvalue weighted by Crippen LogP contribution is 2.20. The molecule has 4 heteroatoms. The lowest BCUT2D eigenvalue weighted by atomic mass is 10.0. The Morgan fingerprint density at radius 2 is 2.32 bits per heavy atom. The first kappa shape index (κ1) is 14.0. The standard InChI is InChI=1S/C15H23N3O/c1-4-15(19)14-8-7-12(10-16-14)18(3)13-6-5-9-17(2)11-13/h7-8,10,13H,4-6,9,11H2,1-3H3. The predicted molar refractivity (Wildman–Crippen MR) is 77.8 cm³/mol. The van der Waals surface area contributed by atoms with E-state index in [0.717, 1.165) is 12.2 Å². The maximum atomic E-state index is 11.6. The first-order chi connectivity index (χ1) is 9.11. The van der Waals surface area contributed by atoms with E-state index < -0.39 is 0 Å². The number of piperidine rings is 1. The van der Waals surface area contributed by atoms with Crippen LogP contribution < -0.4 is 4.90 Å². The lowest BCUT2D eigenvalue weighted by Gasteiger charge is -2.37. The van der Waals surface area contributed by atoms with Crippen LogP contribution in [-0.2, 0) is 0 Å². The monoisotopic (exact) mass is 261 g/mol. The molecule has 0 aliphatic carbocycles. The number of Topliss-reactive ketones (excluding diaryl/α,β-unsaturated/α-hetero) is 1. The Labute approximate surface area is 115 Å². The highest BCUT2D eigenvalue weighted by molar-refractivity contribution is 5.94. The SMILES string of the molecule is CCC(=O)c1ccc(N(C)C2CCCN(C)C2)cn1. The Morgan fingerprint density at radius 1 is 1.53 bits per heavy atom. The maximum Gasteiger partial charge on any atom is 0.180 e. The van der Waals surface area contributed by atoms with Gasteiger partial charge in [0.1, 0.15) is 5.69 Å². The summed E-state index contributed by atoms with van der Waals surface area (Å²) in [6.07, 6.45) is 4.79. The zero-order valence-corrected chi connectivity index (χ0v) is 12.1. The van der Waals surface area contributed by atoms with Crippen LogP contribution in [0, 0.1) is 0 Å². The number of anilines is 1. The largest absolute Gasteiger partial charge is 0.369 e. The molecule has 1 unspecified atom stereocenters. The van der Waals surface area contributed by atoms with E-state index in [1.54, 1.807) is 0 Å². The number of carbonyl (C=O) groups is 1. The molecule has 19 heavy (non-hydrogen) atoms. The van der Waals surface area contributed by atoms with Gasteiger partial charge in [0.05, 0.1) is 11.9 Å². The number of ketones is 1. The van der Waals surface area contributed by atoms with Gasteiger partial charge < -0.3 is 9.80 Å². The van der Waals surface area contributed by atoms with Crippen molar-refractivity contribution in [3.8, 4) is 0 Å². The van der Waals surface area contributed by atoms with E-state index in [0.29, 0.717) is 18.2 Å². The molecule has 0 spiro atoms. The minimum Gasteiger partial charge on any atom is -0.369 e. The zero-order valence-electron chi connectivity index (χ0n) is 12.1. The molecule has 2 heterocycles. The Morgan fingerprint density at radius 3 is 2.89 bits per heavy atom. The highest BCUT2D eigenvalue weighted by Gasteiger charge is 2.21. The number of pyridine rings is 1. The number of rotatable bonds is 4. The van der Waals surface area contributed by atoms with Crippen LogP contribution in [0.1, 0.15) is 36.7 Å². The van der Waals surface area contributed by atoms with E-state index in [2.05, 4.69) is 28.9 Å². The number of aromatic nitrogens is 1. The van der Waals surface area contributed by atoms with Crippen molar-refractivity contribution in [2.75, 3.05) is 32.1 Å². The lowest BCUT2D eigenvalue weighted by molar-refractivity contribution is 0.0983. The number of hydrogen-bond donors (Lipinski definition) is 0. The summed E-state index contributed by atoms with van der Waals surface area (Å²) in [6.45, 7) is 4.14. The van der Waals surface area contributed by atoms with E-state index in [1.807, 2.05) is 25.3 Å². The summed E-state index contributed by atoms with van der Waals surface area (Å²) in [5.74, 6) is 0.103. The van der Waals surface area contributed by atoms with Crippen molar-refractivity contribution in [1.82, 2.24) is 9.88 Å². The van der Waals surface area contributed by atoms with Crippen molar-refractivity contribution in [3.05, 3.63) is 24.0 Å². The minimum atomic E-state index is 0.103. The van der Waals surface area contributed by atoms with Crippen LogP contribution in [0.15, 0.2) is 18.3 Å². The number of likely N-dealkylation sites (tertiary alicyclic amines) is 1. The molecule has 4 nitrogen and oxygen atoms in total. The molecule has 1 saturated heterocycles. The van der Waals surface area contributed by atoms with Gasteiger partial charge in [-0.2, -0.15) is 0 Å². The van der Waals surface area contributed by atoms with Crippen LogP contribution in [-0.4, -0.2) is 48.9 Å². The van der Waals surface area contributed by atoms with Crippen LogP contribution in [0.4, 0.5) is 5.69 Å². The molecule has 1 fully saturated rings. The fraction of sp³-hybridized carbons (Fsp3) is 0.600. The summed E-state index contributed by atoms with van der Waals surface area (Å²) in [5.41, 5.74) is 1.66. The van der Waals surface area contributed by atoms with Gasteiger partial charge >= 0.3 is 0 Å². The Balaban J connectivity index is 2.06. The van der Waals surface area contributed by atoms with E-state index >= 15 is 0 Å².